The molecule has 17 heavy (non-hydrogen) atoms. The summed E-state index contributed by atoms with van der Waals surface area (Å²) in [6, 6.07) is 4.30. The summed E-state index contributed by atoms with van der Waals surface area (Å²) in [5.41, 5.74) is -1.00. The summed E-state index contributed by atoms with van der Waals surface area (Å²) >= 11 is 0. The number of hydrogen-bond donors (Lipinski definition) is 3. The van der Waals surface area contributed by atoms with Crippen LogP contribution in [-0.4, -0.2) is 28.4 Å². The first-order chi connectivity index (χ1) is 7.80. The van der Waals surface area contributed by atoms with Gasteiger partial charge in [0, 0.05) is 0 Å². The second kappa shape index (κ2) is 4.63. The van der Waals surface area contributed by atoms with Crippen LogP contribution in [0.1, 0.15) is 25.5 Å². The monoisotopic (exact) mass is 240 g/mol. The Labute approximate surface area is 99.3 Å². The fourth-order valence-corrected chi connectivity index (χ4v) is 1.41. The van der Waals surface area contributed by atoms with Gasteiger partial charge in [0.1, 0.15) is 0 Å². The molecule has 1 aromatic rings. The van der Waals surface area contributed by atoms with E-state index in [1.165, 1.54) is 39.2 Å². The predicted octanol–water partition coefficient (Wildman–Crippen LogP) is 1.54. The van der Waals surface area contributed by atoms with E-state index in [4.69, 9.17) is 9.84 Å². The van der Waals surface area contributed by atoms with E-state index in [1.807, 2.05) is 0 Å². The Hall–Kier alpha value is -1.75. The third kappa shape index (κ3) is 2.50. The van der Waals surface area contributed by atoms with E-state index in [0.717, 1.165) is 0 Å². The molecule has 5 heteroatoms. The maximum absolute atomic E-state index is 11.0. The second-order valence-corrected chi connectivity index (χ2v) is 4.36. The molecule has 0 aliphatic heterocycles. The number of carboxylic acids is 1. The van der Waals surface area contributed by atoms with Crippen molar-refractivity contribution in [2.24, 2.45) is 5.41 Å². The molecule has 0 radical (unpaired) electrons. The smallest absolute Gasteiger partial charge is 0.312 e. The largest absolute Gasteiger partial charge is 0.504 e. The number of aliphatic hydroxyl groups excluding tert-OH is 1. The number of phenolic OH excluding ortho intramolecular Hbond substituents is 1. The Bertz CT molecular complexity index is 425. The lowest BCUT2D eigenvalue weighted by molar-refractivity contribution is -0.153. The van der Waals surface area contributed by atoms with Crippen LogP contribution in [0, 0.1) is 5.41 Å². The van der Waals surface area contributed by atoms with Gasteiger partial charge in [-0.3, -0.25) is 4.79 Å². The summed E-state index contributed by atoms with van der Waals surface area (Å²) in [4.78, 5) is 11.0. The average Bonchev–Trinajstić information content (AvgIpc) is 2.27. The molecule has 0 aromatic heterocycles. The summed E-state index contributed by atoms with van der Waals surface area (Å²) in [6.07, 6.45) is -1.21. The van der Waals surface area contributed by atoms with E-state index >= 15 is 0 Å². The zero-order chi connectivity index (χ0) is 13.2. The number of hydrogen-bond acceptors (Lipinski definition) is 4. The molecule has 0 fully saturated rings. The molecular formula is C12H16O5. The molecule has 0 aliphatic rings. The average molecular weight is 240 g/mol. The van der Waals surface area contributed by atoms with Crippen molar-refractivity contribution in [1.82, 2.24) is 0 Å². The Balaban J connectivity index is 3.09. The third-order valence-corrected chi connectivity index (χ3v) is 2.75. The number of aliphatic hydroxyl groups is 1. The molecule has 94 valence electrons. The second-order valence-electron chi connectivity index (χ2n) is 4.36. The number of carbonyl (C=O) groups is 1. The molecule has 0 aliphatic carbocycles. The molecule has 1 unspecified atom stereocenters. The number of benzene rings is 1. The molecule has 0 spiro atoms. The highest BCUT2D eigenvalue weighted by Gasteiger charge is 2.37. The minimum absolute atomic E-state index is 0.134. The van der Waals surface area contributed by atoms with Crippen LogP contribution in [0.5, 0.6) is 11.5 Å². The summed E-state index contributed by atoms with van der Waals surface area (Å²) in [7, 11) is 1.41. The van der Waals surface area contributed by atoms with E-state index in [2.05, 4.69) is 0 Å². The highest BCUT2D eigenvalue weighted by atomic mass is 16.5. The van der Waals surface area contributed by atoms with Gasteiger partial charge in [0.25, 0.3) is 0 Å². The van der Waals surface area contributed by atoms with E-state index in [1.54, 1.807) is 0 Å². The van der Waals surface area contributed by atoms with Gasteiger partial charge in [0.05, 0.1) is 18.6 Å². The molecule has 1 aromatic carbocycles. The number of aliphatic carboxylic acids is 1. The molecule has 0 heterocycles. The summed E-state index contributed by atoms with van der Waals surface area (Å²) < 4.78 is 4.86. The number of rotatable bonds is 4. The molecule has 0 saturated heterocycles. The normalized spacial score (nSPS) is 13.2. The van der Waals surface area contributed by atoms with Crippen molar-refractivity contribution in [2.45, 2.75) is 20.0 Å². The van der Waals surface area contributed by atoms with Crippen molar-refractivity contribution in [3.63, 3.8) is 0 Å². The van der Waals surface area contributed by atoms with Crippen molar-refractivity contribution in [3.8, 4) is 11.5 Å². The number of ether oxygens (including phenoxy) is 1. The molecule has 5 nitrogen and oxygen atoms in total. The van der Waals surface area contributed by atoms with Gasteiger partial charge < -0.3 is 20.1 Å². The van der Waals surface area contributed by atoms with E-state index < -0.39 is 17.5 Å². The summed E-state index contributed by atoms with van der Waals surface area (Å²) in [6.45, 7) is 2.84. The number of carboxylic acid groups (broad SMARTS) is 1. The fraction of sp³-hybridized carbons (Fsp3) is 0.417. The first-order valence-corrected chi connectivity index (χ1v) is 5.09. The molecule has 0 saturated carbocycles. The SMILES string of the molecule is COc1ccc(C(O)C(C)(C)C(=O)O)cc1O. The first-order valence-electron chi connectivity index (χ1n) is 5.09. The lowest BCUT2D eigenvalue weighted by atomic mass is 9.83. The van der Waals surface area contributed by atoms with E-state index in [9.17, 15) is 15.0 Å². The van der Waals surface area contributed by atoms with Gasteiger partial charge in [0.15, 0.2) is 11.5 Å². The van der Waals surface area contributed by atoms with Gasteiger partial charge in [0.2, 0.25) is 0 Å². The quantitative estimate of drug-likeness (QED) is 0.743. The first kappa shape index (κ1) is 13.3. The summed E-state index contributed by atoms with van der Waals surface area (Å²) in [5.74, 6) is -0.973. The minimum atomic E-state index is -1.33. The van der Waals surface area contributed by atoms with Crippen molar-refractivity contribution in [2.75, 3.05) is 7.11 Å². The van der Waals surface area contributed by atoms with Gasteiger partial charge in [-0.2, -0.15) is 0 Å². The Morgan fingerprint density at radius 2 is 2.00 bits per heavy atom. The van der Waals surface area contributed by atoms with Crippen molar-refractivity contribution in [1.29, 1.82) is 0 Å². The van der Waals surface area contributed by atoms with Crippen LogP contribution >= 0.6 is 0 Å². The predicted molar refractivity (Wildman–Crippen MR) is 61.0 cm³/mol. The Morgan fingerprint density at radius 1 is 1.41 bits per heavy atom. The maximum atomic E-state index is 11.0. The number of phenols is 1. The number of methoxy groups -OCH3 is 1. The fourth-order valence-electron chi connectivity index (χ4n) is 1.41. The van der Waals surface area contributed by atoms with Gasteiger partial charge in [-0.05, 0) is 31.5 Å². The van der Waals surface area contributed by atoms with Gasteiger partial charge >= 0.3 is 5.97 Å². The number of aromatic hydroxyl groups is 1. The van der Waals surface area contributed by atoms with Crippen LogP contribution < -0.4 is 4.74 Å². The third-order valence-electron chi connectivity index (χ3n) is 2.75. The van der Waals surface area contributed by atoms with Gasteiger partial charge in [-0.25, -0.2) is 0 Å². The molecule has 0 amide bonds. The van der Waals surface area contributed by atoms with Crippen molar-refractivity contribution in [3.05, 3.63) is 23.8 Å². The van der Waals surface area contributed by atoms with Gasteiger partial charge in [-0.15, -0.1) is 0 Å². The molecule has 1 rings (SSSR count). The highest BCUT2D eigenvalue weighted by molar-refractivity contribution is 5.74. The Kier molecular flexibility index (Phi) is 3.63. The molecule has 0 bridgehead atoms. The lowest BCUT2D eigenvalue weighted by Gasteiger charge is -2.26. The zero-order valence-corrected chi connectivity index (χ0v) is 9.97. The topological polar surface area (TPSA) is 87.0 Å². The van der Waals surface area contributed by atoms with Crippen LogP contribution in [-0.2, 0) is 4.79 Å². The van der Waals surface area contributed by atoms with Crippen molar-refractivity contribution < 1.29 is 24.9 Å². The van der Waals surface area contributed by atoms with Crippen LogP contribution in [0.2, 0.25) is 0 Å². The molecule has 1 atom stereocenters. The maximum Gasteiger partial charge on any atom is 0.312 e. The minimum Gasteiger partial charge on any atom is -0.504 e. The van der Waals surface area contributed by atoms with Crippen molar-refractivity contribution >= 4 is 5.97 Å². The molecule has 3 N–H and O–H groups in total. The lowest BCUT2D eigenvalue weighted by Crippen LogP contribution is -2.31. The van der Waals surface area contributed by atoms with Crippen LogP contribution in [0.4, 0.5) is 0 Å². The van der Waals surface area contributed by atoms with Gasteiger partial charge in [-0.1, -0.05) is 6.07 Å². The standard InChI is InChI=1S/C12H16O5/c1-12(2,11(15)16)10(14)7-4-5-9(17-3)8(13)6-7/h4-6,10,13-14H,1-3H3,(H,15,16). The van der Waals surface area contributed by atoms with E-state index in [0.29, 0.717) is 5.56 Å². The summed E-state index contributed by atoms with van der Waals surface area (Å²) in [5, 5.41) is 28.5. The zero-order valence-electron chi connectivity index (χ0n) is 9.97. The Morgan fingerprint density at radius 3 is 2.41 bits per heavy atom. The highest BCUT2D eigenvalue weighted by Crippen LogP contribution is 2.37. The van der Waals surface area contributed by atoms with Crippen LogP contribution in [0.3, 0.4) is 0 Å². The molecular weight excluding hydrogens is 224 g/mol. The van der Waals surface area contributed by atoms with E-state index in [-0.39, 0.29) is 11.5 Å². The van der Waals surface area contributed by atoms with Crippen LogP contribution in [0.25, 0.3) is 0 Å². The van der Waals surface area contributed by atoms with Crippen LogP contribution in [0.15, 0.2) is 18.2 Å².